The molecule has 0 aliphatic rings. The molecule has 2 aromatic carbocycles. The predicted octanol–water partition coefficient (Wildman–Crippen LogP) is 4.68. The first-order valence-corrected chi connectivity index (χ1v) is 9.20. The van der Waals surface area contributed by atoms with Crippen molar-refractivity contribution < 1.29 is 14.3 Å². The monoisotopic (exact) mass is 376 g/mol. The number of ether oxygens (including phenoxy) is 1. The Morgan fingerprint density at radius 2 is 1.75 bits per heavy atom. The molecule has 0 atom stereocenters. The average molecular weight is 376 g/mol. The van der Waals surface area contributed by atoms with Crippen molar-refractivity contribution in [3.05, 3.63) is 71.4 Å². The summed E-state index contributed by atoms with van der Waals surface area (Å²) in [5, 5.41) is 3.89. The highest BCUT2D eigenvalue weighted by Crippen LogP contribution is 2.23. The second kappa shape index (κ2) is 7.80. The number of amides is 1. The van der Waals surface area contributed by atoms with Crippen LogP contribution in [0.15, 0.2) is 54.7 Å². The van der Waals surface area contributed by atoms with Gasteiger partial charge in [-0.15, -0.1) is 0 Å². The number of fused-ring (bicyclic) bond motifs is 1. The minimum Gasteiger partial charge on any atom is -0.460 e. The smallest absolute Gasteiger partial charge is 0.310 e. The topological polar surface area (TPSA) is 68.3 Å². The number of aromatic nitrogens is 1. The van der Waals surface area contributed by atoms with E-state index in [0.717, 1.165) is 16.5 Å². The van der Waals surface area contributed by atoms with Crippen LogP contribution < -0.4 is 5.32 Å². The Morgan fingerprint density at radius 3 is 2.50 bits per heavy atom. The molecule has 5 heteroatoms. The summed E-state index contributed by atoms with van der Waals surface area (Å²) in [7, 11) is 0. The molecule has 0 saturated carbocycles. The lowest BCUT2D eigenvalue weighted by Gasteiger charge is -2.20. The van der Waals surface area contributed by atoms with Gasteiger partial charge in [0, 0.05) is 17.1 Å². The van der Waals surface area contributed by atoms with Gasteiger partial charge in [-0.2, -0.15) is 0 Å². The van der Waals surface area contributed by atoms with E-state index in [-0.39, 0.29) is 18.3 Å². The number of para-hydroxylation sites is 1. The molecule has 28 heavy (non-hydrogen) atoms. The van der Waals surface area contributed by atoms with E-state index in [0.29, 0.717) is 16.8 Å². The Hall–Kier alpha value is -3.21. The van der Waals surface area contributed by atoms with Gasteiger partial charge in [0.2, 0.25) is 0 Å². The normalized spacial score (nSPS) is 11.3. The number of anilines is 1. The molecule has 3 aromatic rings. The third kappa shape index (κ3) is 4.55. The molecule has 0 aliphatic heterocycles. The highest BCUT2D eigenvalue weighted by molar-refractivity contribution is 6.10. The number of carbonyl (C=O) groups is 2. The third-order valence-corrected chi connectivity index (χ3v) is 4.22. The zero-order chi connectivity index (χ0) is 20.3. The minimum absolute atomic E-state index is 0.0372. The molecule has 1 aromatic heterocycles. The number of nitrogens with one attached hydrogen (secondary N) is 1. The molecule has 0 unspecified atom stereocenters. The Balaban J connectivity index is 1.90. The van der Waals surface area contributed by atoms with Crippen molar-refractivity contribution in [3.8, 4) is 0 Å². The van der Waals surface area contributed by atoms with Crippen LogP contribution in [0, 0.1) is 6.92 Å². The summed E-state index contributed by atoms with van der Waals surface area (Å²) in [5.74, 6) is -0.631. The van der Waals surface area contributed by atoms with Crippen molar-refractivity contribution in [2.45, 2.75) is 39.7 Å². The van der Waals surface area contributed by atoms with Crippen LogP contribution in [-0.4, -0.2) is 22.5 Å². The lowest BCUT2D eigenvalue weighted by Crippen LogP contribution is -2.26. The van der Waals surface area contributed by atoms with Crippen LogP contribution in [0.5, 0.6) is 0 Å². The van der Waals surface area contributed by atoms with E-state index in [2.05, 4.69) is 10.3 Å². The average Bonchev–Trinajstić information content (AvgIpc) is 2.60. The van der Waals surface area contributed by atoms with E-state index in [4.69, 9.17) is 4.74 Å². The van der Waals surface area contributed by atoms with Crippen molar-refractivity contribution in [1.29, 1.82) is 0 Å². The van der Waals surface area contributed by atoms with E-state index < -0.39 is 5.60 Å². The number of benzene rings is 2. The summed E-state index contributed by atoms with van der Waals surface area (Å²) in [5.41, 5.74) is 2.71. The highest BCUT2D eigenvalue weighted by Gasteiger charge is 2.21. The number of pyridine rings is 1. The zero-order valence-corrected chi connectivity index (χ0v) is 16.6. The number of rotatable bonds is 4. The van der Waals surface area contributed by atoms with Crippen LogP contribution in [0.3, 0.4) is 0 Å². The van der Waals surface area contributed by atoms with Gasteiger partial charge in [-0.05, 0) is 51.0 Å². The third-order valence-electron chi connectivity index (χ3n) is 4.22. The van der Waals surface area contributed by atoms with E-state index >= 15 is 0 Å². The second-order valence-electron chi connectivity index (χ2n) is 7.71. The maximum atomic E-state index is 13.1. The molecule has 0 bridgehead atoms. The predicted molar refractivity (Wildman–Crippen MR) is 110 cm³/mol. The van der Waals surface area contributed by atoms with E-state index in [1.54, 1.807) is 12.3 Å². The number of aryl methyl sites for hydroxylation is 1. The van der Waals surface area contributed by atoms with Crippen LogP contribution in [-0.2, 0) is 16.0 Å². The molecule has 0 aliphatic carbocycles. The van der Waals surface area contributed by atoms with Crippen molar-refractivity contribution in [1.82, 2.24) is 4.98 Å². The molecule has 0 radical (unpaired) electrons. The molecule has 0 saturated heterocycles. The van der Waals surface area contributed by atoms with Gasteiger partial charge in [0.15, 0.2) is 0 Å². The highest BCUT2D eigenvalue weighted by atomic mass is 16.6. The fourth-order valence-electron chi connectivity index (χ4n) is 3.12. The summed E-state index contributed by atoms with van der Waals surface area (Å²) in [4.78, 5) is 29.7. The number of nitrogens with zero attached hydrogens (tertiary/aromatic N) is 1. The maximum absolute atomic E-state index is 13.1. The van der Waals surface area contributed by atoms with Gasteiger partial charge >= 0.3 is 5.97 Å². The summed E-state index contributed by atoms with van der Waals surface area (Å²) >= 11 is 0. The molecule has 144 valence electrons. The molecule has 1 heterocycles. The summed E-state index contributed by atoms with van der Waals surface area (Å²) < 4.78 is 5.41. The first kappa shape index (κ1) is 19.5. The first-order chi connectivity index (χ1) is 13.2. The largest absolute Gasteiger partial charge is 0.460 e. The number of hydrogen-bond donors (Lipinski definition) is 1. The zero-order valence-electron chi connectivity index (χ0n) is 16.6. The van der Waals surface area contributed by atoms with Gasteiger partial charge in [-0.1, -0.05) is 36.4 Å². The van der Waals surface area contributed by atoms with Gasteiger partial charge in [-0.3, -0.25) is 14.6 Å². The molecular formula is C23H24N2O3. The summed E-state index contributed by atoms with van der Waals surface area (Å²) in [6.07, 6.45) is 1.73. The second-order valence-corrected chi connectivity index (χ2v) is 7.71. The van der Waals surface area contributed by atoms with Crippen LogP contribution in [0.2, 0.25) is 0 Å². The van der Waals surface area contributed by atoms with E-state index in [9.17, 15) is 9.59 Å². The number of esters is 1. The number of hydrogen-bond acceptors (Lipinski definition) is 4. The lowest BCUT2D eigenvalue weighted by molar-refractivity contribution is -0.153. The van der Waals surface area contributed by atoms with Gasteiger partial charge in [0.05, 0.1) is 17.6 Å². The Morgan fingerprint density at radius 1 is 1.04 bits per heavy atom. The molecule has 0 fully saturated rings. The molecular weight excluding hydrogens is 352 g/mol. The van der Waals surface area contributed by atoms with E-state index in [1.165, 1.54) is 0 Å². The fourth-order valence-corrected chi connectivity index (χ4v) is 3.12. The van der Waals surface area contributed by atoms with Gasteiger partial charge in [-0.25, -0.2) is 0 Å². The number of carbonyl (C=O) groups excluding carboxylic acids is 2. The van der Waals surface area contributed by atoms with Crippen LogP contribution >= 0.6 is 0 Å². The van der Waals surface area contributed by atoms with E-state index in [1.807, 2.05) is 70.2 Å². The van der Waals surface area contributed by atoms with Gasteiger partial charge in [0.25, 0.3) is 5.91 Å². The summed E-state index contributed by atoms with van der Waals surface area (Å²) in [6, 6.07) is 14.9. The molecule has 0 spiro atoms. The fraction of sp³-hybridized carbons (Fsp3) is 0.261. The molecule has 1 N–H and O–H groups in total. The van der Waals surface area contributed by atoms with Crippen molar-refractivity contribution >= 4 is 28.5 Å². The SMILES string of the molecule is Cc1cccc(CC(=O)OC(C)(C)C)c1C(=O)Nc1cccc2cccnc12. The van der Waals surface area contributed by atoms with Crippen LogP contribution in [0.4, 0.5) is 5.69 Å². The molecule has 1 amide bonds. The van der Waals surface area contributed by atoms with Crippen molar-refractivity contribution in [3.63, 3.8) is 0 Å². The van der Waals surface area contributed by atoms with Gasteiger partial charge < -0.3 is 10.1 Å². The summed E-state index contributed by atoms with van der Waals surface area (Å²) in [6.45, 7) is 7.32. The van der Waals surface area contributed by atoms with Crippen LogP contribution in [0.1, 0.15) is 42.3 Å². The maximum Gasteiger partial charge on any atom is 0.310 e. The minimum atomic E-state index is -0.571. The quantitative estimate of drug-likeness (QED) is 0.671. The lowest BCUT2D eigenvalue weighted by atomic mass is 9.98. The van der Waals surface area contributed by atoms with Gasteiger partial charge in [0.1, 0.15) is 5.60 Å². The van der Waals surface area contributed by atoms with Crippen LogP contribution in [0.25, 0.3) is 10.9 Å². The Kier molecular flexibility index (Phi) is 5.45. The molecule has 5 nitrogen and oxygen atoms in total. The Labute approximate surface area is 164 Å². The van der Waals surface area contributed by atoms with Crippen molar-refractivity contribution in [2.75, 3.05) is 5.32 Å². The first-order valence-electron chi connectivity index (χ1n) is 9.20. The standard InChI is InChI=1S/C23H24N2O3/c1-15-8-5-10-17(14-19(26)28-23(2,3)4)20(15)22(27)25-18-12-6-9-16-11-7-13-24-21(16)18/h5-13H,14H2,1-4H3,(H,25,27). The Bertz CT molecular complexity index is 1030. The molecule has 3 rings (SSSR count). The van der Waals surface area contributed by atoms with Crippen molar-refractivity contribution in [2.24, 2.45) is 0 Å².